The molecule has 1 aromatic carbocycles. The highest BCUT2D eigenvalue weighted by Gasteiger charge is 2.19. The van der Waals surface area contributed by atoms with Gasteiger partial charge in [0.2, 0.25) is 0 Å². The lowest BCUT2D eigenvalue weighted by molar-refractivity contribution is -0.137. The summed E-state index contributed by atoms with van der Waals surface area (Å²) in [7, 11) is 3.04. The summed E-state index contributed by atoms with van der Waals surface area (Å²) in [6, 6.07) is 5.06. The molecule has 0 radical (unpaired) electrons. The number of carbonyl (C=O) groups is 1. The Morgan fingerprint density at radius 3 is 2.47 bits per heavy atom. The van der Waals surface area contributed by atoms with Crippen molar-refractivity contribution in [3.05, 3.63) is 35.4 Å². The van der Waals surface area contributed by atoms with Crippen LogP contribution in [0.2, 0.25) is 0 Å². The van der Waals surface area contributed by atoms with E-state index >= 15 is 0 Å². The van der Waals surface area contributed by atoms with Gasteiger partial charge in [0.25, 0.3) is 0 Å². The first-order chi connectivity index (χ1) is 9.03. The topological polar surface area (TPSA) is 55.8 Å². The first-order valence-electron chi connectivity index (χ1n) is 5.71. The van der Waals surface area contributed by atoms with E-state index in [4.69, 9.17) is 21.1 Å². The molecule has 104 valence electrons. The zero-order chi connectivity index (χ0) is 14.4. The number of carboxylic acid groups (broad SMARTS) is 1. The summed E-state index contributed by atoms with van der Waals surface area (Å²) in [6.45, 7) is 1.80. The highest BCUT2D eigenvalue weighted by atomic mass is 35.5. The third-order valence-electron chi connectivity index (χ3n) is 2.69. The van der Waals surface area contributed by atoms with Crippen molar-refractivity contribution in [1.82, 2.24) is 0 Å². The summed E-state index contributed by atoms with van der Waals surface area (Å²) < 4.78 is 10.3. The number of benzene rings is 1. The maximum atomic E-state index is 11.3. The normalized spacial score (nSPS) is 12.9. The van der Waals surface area contributed by atoms with Crippen LogP contribution in [0.15, 0.2) is 29.8 Å². The van der Waals surface area contributed by atoms with Crippen LogP contribution >= 0.6 is 11.6 Å². The number of rotatable bonds is 6. The van der Waals surface area contributed by atoms with E-state index < -0.39 is 11.9 Å². The Morgan fingerprint density at radius 2 is 2.00 bits per heavy atom. The van der Waals surface area contributed by atoms with Gasteiger partial charge < -0.3 is 14.6 Å². The van der Waals surface area contributed by atoms with Crippen molar-refractivity contribution in [1.29, 1.82) is 0 Å². The van der Waals surface area contributed by atoms with Gasteiger partial charge in [-0.05, 0) is 24.6 Å². The molecule has 5 heteroatoms. The van der Waals surface area contributed by atoms with Gasteiger partial charge in [0.1, 0.15) is 5.92 Å². The Morgan fingerprint density at radius 1 is 1.37 bits per heavy atom. The lowest BCUT2D eigenvalue weighted by atomic mass is 9.96. The number of hydrogen-bond acceptors (Lipinski definition) is 3. The molecule has 0 fully saturated rings. The molecule has 0 aliphatic rings. The number of ether oxygens (including phenoxy) is 2. The van der Waals surface area contributed by atoms with Crippen molar-refractivity contribution in [2.24, 2.45) is 0 Å². The van der Waals surface area contributed by atoms with Crippen molar-refractivity contribution in [3.63, 3.8) is 0 Å². The predicted molar refractivity (Wildman–Crippen MR) is 74.4 cm³/mol. The molecule has 0 aromatic heterocycles. The largest absolute Gasteiger partial charge is 0.493 e. The highest BCUT2D eigenvalue weighted by molar-refractivity contribution is 6.19. The van der Waals surface area contributed by atoms with Gasteiger partial charge in [0, 0.05) is 5.88 Å². The molecule has 0 saturated heterocycles. The van der Waals surface area contributed by atoms with E-state index in [0.29, 0.717) is 22.9 Å². The van der Waals surface area contributed by atoms with Crippen LogP contribution in [0.1, 0.15) is 18.4 Å². The number of hydrogen-bond donors (Lipinski definition) is 1. The van der Waals surface area contributed by atoms with Crippen LogP contribution in [0.25, 0.3) is 0 Å². The van der Waals surface area contributed by atoms with Gasteiger partial charge in [-0.2, -0.15) is 0 Å². The number of aliphatic carboxylic acids is 1. The van der Waals surface area contributed by atoms with Gasteiger partial charge in [-0.15, -0.1) is 11.6 Å². The van der Waals surface area contributed by atoms with Crippen LogP contribution in [0.5, 0.6) is 11.5 Å². The fourth-order valence-electron chi connectivity index (χ4n) is 1.69. The average Bonchev–Trinajstić information content (AvgIpc) is 2.43. The van der Waals surface area contributed by atoms with Crippen LogP contribution in [-0.4, -0.2) is 31.2 Å². The van der Waals surface area contributed by atoms with Gasteiger partial charge in [0.15, 0.2) is 11.5 Å². The Labute approximate surface area is 117 Å². The molecule has 4 nitrogen and oxygen atoms in total. The molecule has 1 rings (SSSR count). The van der Waals surface area contributed by atoms with E-state index in [1.165, 1.54) is 14.2 Å². The molecule has 1 N–H and O–H groups in total. The average molecular weight is 285 g/mol. The number of methoxy groups -OCH3 is 2. The zero-order valence-electron chi connectivity index (χ0n) is 11.1. The number of allylic oxidation sites excluding steroid dienone is 1. The molecule has 1 atom stereocenters. The first kappa shape index (κ1) is 15.4. The SMILES string of the molecule is COc1ccc([C@H](/C=C(\C)CCl)C(=O)O)cc1OC. The maximum absolute atomic E-state index is 11.3. The molecule has 0 spiro atoms. The Bertz CT molecular complexity index is 482. The van der Waals surface area contributed by atoms with Crippen LogP contribution in [0.3, 0.4) is 0 Å². The second-order valence-corrected chi connectivity index (χ2v) is 4.34. The van der Waals surface area contributed by atoms with Crippen LogP contribution < -0.4 is 9.47 Å². The van der Waals surface area contributed by atoms with Gasteiger partial charge in [0.05, 0.1) is 14.2 Å². The van der Waals surface area contributed by atoms with Crippen molar-refractivity contribution < 1.29 is 19.4 Å². The van der Waals surface area contributed by atoms with Crippen LogP contribution in [0.4, 0.5) is 0 Å². The molecular weight excluding hydrogens is 268 g/mol. The van der Waals surface area contributed by atoms with E-state index in [9.17, 15) is 9.90 Å². The third-order valence-corrected chi connectivity index (χ3v) is 3.12. The van der Waals surface area contributed by atoms with Crippen molar-refractivity contribution in [3.8, 4) is 11.5 Å². The highest BCUT2D eigenvalue weighted by Crippen LogP contribution is 2.31. The summed E-state index contributed by atoms with van der Waals surface area (Å²) in [5.41, 5.74) is 1.43. The number of carboxylic acids is 1. The van der Waals surface area contributed by atoms with E-state index in [0.717, 1.165) is 5.57 Å². The Hall–Kier alpha value is -1.68. The lowest BCUT2D eigenvalue weighted by Crippen LogP contribution is -2.10. The summed E-state index contributed by atoms with van der Waals surface area (Å²) in [6.07, 6.45) is 1.64. The van der Waals surface area contributed by atoms with Crippen LogP contribution in [0, 0.1) is 0 Å². The van der Waals surface area contributed by atoms with E-state index in [1.807, 2.05) is 0 Å². The predicted octanol–water partition coefficient (Wildman–Crippen LogP) is 3.06. The molecule has 0 amide bonds. The summed E-state index contributed by atoms with van der Waals surface area (Å²) in [4.78, 5) is 11.3. The molecule has 0 saturated carbocycles. The lowest BCUT2D eigenvalue weighted by Gasteiger charge is -2.13. The Balaban J connectivity index is 3.20. The Kier molecular flexibility index (Phi) is 5.70. The second-order valence-electron chi connectivity index (χ2n) is 4.08. The van der Waals surface area contributed by atoms with Gasteiger partial charge in [-0.25, -0.2) is 0 Å². The minimum absolute atomic E-state index is 0.303. The first-order valence-corrected chi connectivity index (χ1v) is 6.25. The third kappa shape index (κ3) is 3.89. The molecule has 0 aliphatic heterocycles. The fraction of sp³-hybridized carbons (Fsp3) is 0.357. The minimum atomic E-state index is -0.934. The monoisotopic (exact) mass is 284 g/mol. The van der Waals surface area contributed by atoms with E-state index in [2.05, 4.69) is 0 Å². The van der Waals surface area contributed by atoms with Gasteiger partial charge in [-0.3, -0.25) is 4.79 Å². The molecule has 0 unspecified atom stereocenters. The smallest absolute Gasteiger partial charge is 0.314 e. The van der Waals surface area contributed by atoms with E-state index in [1.54, 1.807) is 31.2 Å². The van der Waals surface area contributed by atoms with Crippen molar-refractivity contribution in [2.45, 2.75) is 12.8 Å². The summed E-state index contributed by atoms with van der Waals surface area (Å²) >= 11 is 5.69. The molecule has 0 bridgehead atoms. The van der Waals surface area contributed by atoms with Gasteiger partial charge >= 0.3 is 5.97 Å². The zero-order valence-corrected chi connectivity index (χ0v) is 11.9. The standard InChI is InChI=1S/C14H17ClO4/c1-9(8-15)6-11(14(16)17)10-4-5-12(18-2)13(7-10)19-3/h4-7,11H,8H2,1-3H3,(H,16,17)/b9-6+/t11-/m0/s1. The molecule has 19 heavy (non-hydrogen) atoms. The van der Waals surface area contributed by atoms with E-state index in [-0.39, 0.29) is 0 Å². The van der Waals surface area contributed by atoms with Crippen LogP contribution in [-0.2, 0) is 4.79 Å². The summed E-state index contributed by atoms with van der Waals surface area (Å²) in [5, 5.41) is 9.30. The molecule has 0 aliphatic carbocycles. The number of halogens is 1. The molecular formula is C14H17ClO4. The maximum Gasteiger partial charge on any atom is 0.314 e. The quantitative estimate of drug-likeness (QED) is 0.644. The van der Waals surface area contributed by atoms with Crippen molar-refractivity contribution >= 4 is 17.6 Å². The van der Waals surface area contributed by atoms with Crippen molar-refractivity contribution in [2.75, 3.05) is 20.1 Å². The van der Waals surface area contributed by atoms with Gasteiger partial charge in [-0.1, -0.05) is 17.7 Å². The second kappa shape index (κ2) is 7.04. The minimum Gasteiger partial charge on any atom is -0.493 e. The number of alkyl halides is 1. The summed E-state index contributed by atoms with van der Waals surface area (Å²) in [5.74, 6) is -0.316. The fourth-order valence-corrected chi connectivity index (χ4v) is 1.77. The molecule has 1 aromatic rings. The molecule has 0 heterocycles.